The van der Waals surface area contributed by atoms with Crippen LogP contribution in [0.25, 0.3) is 0 Å². The highest BCUT2D eigenvalue weighted by Crippen LogP contribution is 2.61. The van der Waals surface area contributed by atoms with Crippen LogP contribution in [0.1, 0.15) is 130 Å². The van der Waals surface area contributed by atoms with Crippen LogP contribution in [0.4, 0.5) is 4.79 Å². The zero-order valence-electron chi connectivity index (χ0n) is 30.8. The molecule has 0 radical (unpaired) electrons. The standard InChI is InChI=1S/C39H65NO9/c1-4-7-8-9-10-11-14-19-45-35(41)16-12-13-17-36(42)47-28-34(30-49-38(44)46-20-15-18-40(5-2)6-3)29-48-37(43)27-39-24-31-21-32(25-39)23-33(22-31)26-39/h10-11,31-34H,4-9,12-30H2,1-3H3/b11-10-. The number of hydrogen-bond donors (Lipinski definition) is 0. The molecular formula is C39H65NO9. The fourth-order valence-electron chi connectivity index (χ4n) is 8.31. The molecular weight excluding hydrogens is 626 g/mol. The predicted molar refractivity (Wildman–Crippen MR) is 188 cm³/mol. The molecule has 0 aromatic carbocycles. The topological polar surface area (TPSA) is 118 Å². The zero-order chi connectivity index (χ0) is 35.3. The van der Waals surface area contributed by atoms with Crippen molar-refractivity contribution in [2.24, 2.45) is 29.1 Å². The molecule has 4 fully saturated rings. The van der Waals surface area contributed by atoms with Crippen molar-refractivity contribution in [1.29, 1.82) is 0 Å². The van der Waals surface area contributed by atoms with Gasteiger partial charge in [0, 0.05) is 19.4 Å². The lowest BCUT2D eigenvalue weighted by atomic mass is 9.49. The zero-order valence-corrected chi connectivity index (χ0v) is 30.8. The fraction of sp³-hybridized carbons (Fsp3) is 0.846. The lowest BCUT2D eigenvalue weighted by Gasteiger charge is -2.56. The summed E-state index contributed by atoms with van der Waals surface area (Å²) in [4.78, 5) is 52.1. The third kappa shape index (κ3) is 16.3. The van der Waals surface area contributed by atoms with E-state index >= 15 is 0 Å². The lowest BCUT2D eigenvalue weighted by molar-refractivity contribution is -0.156. The summed E-state index contributed by atoms with van der Waals surface area (Å²) in [6.45, 7) is 9.54. The van der Waals surface area contributed by atoms with E-state index in [1.807, 2.05) is 0 Å². The molecule has 4 bridgehead atoms. The van der Waals surface area contributed by atoms with Crippen molar-refractivity contribution < 1.29 is 42.9 Å². The van der Waals surface area contributed by atoms with Gasteiger partial charge in [-0.05, 0) is 113 Å². The van der Waals surface area contributed by atoms with E-state index in [2.05, 4.69) is 37.8 Å². The summed E-state index contributed by atoms with van der Waals surface area (Å²) in [6.07, 6.45) is 18.6. The van der Waals surface area contributed by atoms with Gasteiger partial charge >= 0.3 is 24.1 Å². The molecule has 49 heavy (non-hydrogen) atoms. The monoisotopic (exact) mass is 691 g/mol. The molecule has 4 aliphatic carbocycles. The Hall–Kier alpha value is -2.62. The minimum Gasteiger partial charge on any atom is -0.465 e. The first-order chi connectivity index (χ1) is 23.7. The maximum Gasteiger partial charge on any atom is 0.508 e. The van der Waals surface area contributed by atoms with Gasteiger partial charge in [-0.25, -0.2) is 4.79 Å². The molecule has 4 aliphatic rings. The van der Waals surface area contributed by atoms with Crippen molar-refractivity contribution in [3.05, 3.63) is 12.2 Å². The Balaban J connectivity index is 1.35. The Morgan fingerprint density at radius 3 is 1.84 bits per heavy atom. The van der Waals surface area contributed by atoms with Crippen LogP contribution < -0.4 is 0 Å². The van der Waals surface area contributed by atoms with Gasteiger partial charge in [0.25, 0.3) is 0 Å². The smallest absolute Gasteiger partial charge is 0.465 e. The van der Waals surface area contributed by atoms with Crippen LogP contribution in [0, 0.1) is 29.1 Å². The summed E-state index contributed by atoms with van der Waals surface area (Å²) in [6, 6.07) is 0. The molecule has 4 saturated carbocycles. The Kier molecular flexibility index (Phi) is 19.1. The minimum absolute atomic E-state index is 0.00646. The van der Waals surface area contributed by atoms with E-state index in [1.54, 1.807) is 0 Å². The lowest BCUT2D eigenvalue weighted by Crippen LogP contribution is -2.47. The van der Waals surface area contributed by atoms with Gasteiger partial charge in [-0.15, -0.1) is 0 Å². The number of hydrogen-bond acceptors (Lipinski definition) is 10. The van der Waals surface area contributed by atoms with Gasteiger partial charge in [-0.2, -0.15) is 0 Å². The summed E-state index contributed by atoms with van der Waals surface area (Å²) in [5, 5.41) is 0. The van der Waals surface area contributed by atoms with E-state index < -0.39 is 18.0 Å². The molecule has 0 heterocycles. The first-order valence-corrected chi connectivity index (χ1v) is 19.4. The summed E-state index contributed by atoms with van der Waals surface area (Å²) < 4.78 is 27.1. The van der Waals surface area contributed by atoms with Crippen LogP contribution in [0.15, 0.2) is 12.2 Å². The van der Waals surface area contributed by atoms with E-state index in [1.165, 1.54) is 38.5 Å². The summed E-state index contributed by atoms with van der Waals surface area (Å²) in [7, 11) is 0. The van der Waals surface area contributed by atoms with Gasteiger partial charge in [0.15, 0.2) is 0 Å². The van der Waals surface area contributed by atoms with Crippen LogP contribution in [0.5, 0.6) is 0 Å². The quantitative estimate of drug-likeness (QED) is 0.0385. The normalized spacial score (nSPS) is 23.1. The average molecular weight is 692 g/mol. The Morgan fingerprint density at radius 1 is 0.653 bits per heavy atom. The molecule has 0 spiro atoms. The SMILES string of the molecule is CCCCC/C=C\CCOC(=O)CCCCC(=O)OCC(COC(=O)CC12CC3CC(CC(C3)C1)C2)COC(=O)OCCCN(CC)CC. The third-order valence-electron chi connectivity index (χ3n) is 10.5. The Bertz CT molecular complexity index is 989. The molecule has 4 rings (SSSR count). The summed E-state index contributed by atoms with van der Waals surface area (Å²) in [5.74, 6) is 0.822. The number of unbranched alkanes of at least 4 members (excludes halogenated alkanes) is 4. The second-order valence-electron chi connectivity index (χ2n) is 14.8. The number of nitrogens with zero attached hydrogens (tertiary/aromatic N) is 1. The van der Waals surface area contributed by atoms with Crippen molar-refractivity contribution in [3.8, 4) is 0 Å². The van der Waals surface area contributed by atoms with Gasteiger partial charge in [-0.3, -0.25) is 14.4 Å². The van der Waals surface area contributed by atoms with Gasteiger partial charge in [0.1, 0.15) is 19.8 Å². The van der Waals surface area contributed by atoms with Gasteiger partial charge in [-0.1, -0.05) is 45.8 Å². The van der Waals surface area contributed by atoms with E-state index in [9.17, 15) is 19.2 Å². The first kappa shape index (κ1) is 40.8. The molecule has 0 aliphatic heterocycles. The largest absolute Gasteiger partial charge is 0.508 e. The van der Waals surface area contributed by atoms with Gasteiger partial charge < -0.3 is 28.6 Å². The first-order valence-electron chi connectivity index (χ1n) is 19.4. The molecule has 280 valence electrons. The Labute approximate surface area is 295 Å². The van der Waals surface area contributed by atoms with Crippen LogP contribution in [0.3, 0.4) is 0 Å². The number of carbonyl (C=O) groups is 4. The highest BCUT2D eigenvalue weighted by molar-refractivity contribution is 5.71. The molecule has 0 saturated heterocycles. The summed E-state index contributed by atoms with van der Waals surface area (Å²) >= 11 is 0. The molecule has 0 amide bonds. The number of allylic oxidation sites excluding steroid dienone is 1. The predicted octanol–water partition coefficient (Wildman–Crippen LogP) is 7.81. The number of carbonyl (C=O) groups excluding carboxylic acids is 4. The van der Waals surface area contributed by atoms with E-state index in [0.717, 1.165) is 63.1 Å². The maximum absolute atomic E-state index is 13.1. The van der Waals surface area contributed by atoms with E-state index in [4.69, 9.17) is 23.7 Å². The van der Waals surface area contributed by atoms with E-state index in [-0.39, 0.29) is 56.6 Å². The maximum atomic E-state index is 13.1. The van der Waals surface area contributed by atoms with Crippen molar-refractivity contribution >= 4 is 24.1 Å². The number of ether oxygens (including phenoxy) is 5. The van der Waals surface area contributed by atoms with E-state index in [0.29, 0.717) is 38.7 Å². The van der Waals surface area contributed by atoms with Crippen LogP contribution in [-0.2, 0) is 38.1 Å². The van der Waals surface area contributed by atoms with Crippen LogP contribution in [0.2, 0.25) is 0 Å². The van der Waals surface area contributed by atoms with Crippen molar-refractivity contribution in [2.45, 2.75) is 130 Å². The second-order valence-corrected chi connectivity index (χ2v) is 14.8. The molecule has 10 heteroatoms. The molecule has 1 unspecified atom stereocenters. The third-order valence-corrected chi connectivity index (χ3v) is 10.5. The second kappa shape index (κ2) is 23.0. The Morgan fingerprint density at radius 2 is 1.22 bits per heavy atom. The number of rotatable bonds is 26. The minimum atomic E-state index is -0.786. The highest BCUT2D eigenvalue weighted by atomic mass is 16.7. The summed E-state index contributed by atoms with van der Waals surface area (Å²) in [5.41, 5.74) is 0.0661. The molecule has 1 atom stereocenters. The number of esters is 3. The average Bonchev–Trinajstić information content (AvgIpc) is 3.06. The van der Waals surface area contributed by atoms with Crippen LogP contribution >= 0.6 is 0 Å². The highest BCUT2D eigenvalue weighted by Gasteiger charge is 2.51. The molecule has 10 nitrogen and oxygen atoms in total. The van der Waals surface area contributed by atoms with Crippen molar-refractivity contribution in [1.82, 2.24) is 4.90 Å². The fourth-order valence-corrected chi connectivity index (χ4v) is 8.31. The molecule has 0 aromatic rings. The molecule has 0 N–H and O–H groups in total. The van der Waals surface area contributed by atoms with Crippen LogP contribution in [-0.4, -0.2) is 81.6 Å². The molecule has 0 aromatic heterocycles. The van der Waals surface area contributed by atoms with Gasteiger partial charge in [0.05, 0.1) is 25.6 Å². The van der Waals surface area contributed by atoms with Gasteiger partial charge in [0.2, 0.25) is 0 Å². The van der Waals surface area contributed by atoms with Crippen molar-refractivity contribution in [2.75, 3.05) is 52.7 Å². The van der Waals surface area contributed by atoms with Crippen molar-refractivity contribution in [3.63, 3.8) is 0 Å².